The largest absolute Gasteiger partial charge is 0.486 e. The molecule has 0 radical (unpaired) electrons. The zero-order chi connectivity index (χ0) is 17.8. The molecule has 0 bridgehead atoms. The Labute approximate surface area is 151 Å². The Bertz CT molecular complexity index is 938. The quantitative estimate of drug-likeness (QED) is 0.768. The van der Waals surface area contributed by atoms with Crippen molar-refractivity contribution in [3.8, 4) is 17.2 Å². The first-order valence-electron chi connectivity index (χ1n) is 8.55. The van der Waals surface area contributed by atoms with E-state index < -0.39 is 0 Å². The van der Waals surface area contributed by atoms with Gasteiger partial charge in [-0.05, 0) is 40.6 Å². The fraction of sp³-hybridized carbons (Fsp3) is 0.190. The van der Waals surface area contributed by atoms with E-state index in [9.17, 15) is 4.79 Å². The summed E-state index contributed by atoms with van der Waals surface area (Å²) in [7, 11) is 0. The topological polar surface area (TPSA) is 56.8 Å². The standard InChI is InChI=1S/C21H19NO4/c23-21(14-26-18-7-6-16-3-1-2-4-17(16)12-18)22-13-15-5-8-19-20(11-15)25-10-9-24-19/h1-8,11-12H,9-10,13-14H2,(H,22,23). The SMILES string of the molecule is O=C(COc1ccc2ccccc2c1)NCc1ccc2c(c1)OCCO2. The highest BCUT2D eigenvalue weighted by Crippen LogP contribution is 2.30. The van der Waals surface area contributed by atoms with Crippen LogP contribution in [0.4, 0.5) is 0 Å². The lowest BCUT2D eigenvalue weighted by molar-refractivity contribution is -0.123. The summed E-state index contributed by atoms with van der Waals surface area (Å²) >= 11 is 0. The first-order valence-corrected chi connectivity index (χ1v) is 8.55. The smallest absolute Gasteiger partial charge is 0.258 e. The van der Waals surface area contributed by atoms with E-state index >= 15 is 0 Å². The van der Waals surface area contributed by atoms with E-state index in [0.717, 1.165) is 27.8 Å². The van der Waals surface area contributed by atoms with Crippen LogP contribution in [0, 0.1) is 0 Å². The molecule has 0 aromatic heterocycles. The molecule has 1 amide bonds. The number of ether oxygens (including phenoxy) is 3. The molecule has 0 fully saturated rings. The normalized spacial score (nSPS) is 12.6. The van der Waals surface area contributed by atoms with Crippen molar-refractivity contribution < 1.29 is 19.0 Å². The Morgan fingerprint density at radius 3 is 2.62 bits per heavy atom. The van der Waals surface area contributed by atoms with Crippen LogP contribution in [0.5, 0.6) is 17.2 Å². The summed E-state index contributed by atoms with van der Waals surface area (Å²) in [6.07, 6.45) is 0. The number of hydrogen-bond donors (Lipinski definition) is 1. The van der Waals surface area contributed by atoms with Crippen LogP contribution in [0.25, 0.3) is 10.8 Å². The Kier molecular flexibility index (Phi) is 4.60. The highest BCUT2D eigenvalue weighted by atomic mass is 16.6. The third-order valence-electron chi connectivity index (χ3n) is 4.19. The molecule has 132 valence electrons. The molecule has 0 spiro atoms. The van der Waals surface area contributed by atoms with Crippen LogP contribution in [0.15, 0.2) is 60.7 Å². The van der Waals surface area contributed by atoms with Gasteiger partial charge in [0, 0.05) is 6.54 Å². The number of amides is 1. The lowest BCUT2D eigenvalue weighted by atomic mass is 10.1. The zero-order valence-corrected chi connectivity index (χ0v) is 14.2. The van der Waals surface area contributed by atoms with Gasteiger partial charge in [-0.25, -0.2) is 0 Å². The third kappa shape index (κ3) is 3.72. The van der Waals surface area contributed by atoms with Gasteiger partial charge in [-0.1, -0.05) is 36.4 Å². The summed E-state index contributed by atoms with van der Waals surface area (Å²) in [5, 5.41) is 5.08. The van der Waals surface area contributed by atoms with Gasteiger partial charge in [0.25, 0.3) is 5.91 Å². The number of nitrogens with one attached hydrogen (secondary N) is 1. The number of rotatable bonds is 5. The minimum absolute atomic E-state index is 0.0249. The Balaban J connectivity index is 1.31. The molecule has 0 aliphatic carbocycles. The van der Waals surface area contributed by atoms with Crippen molar-refractivity contribution in [1.82, 2.24) is 5.32 Å². The molecule has 5 nitrogen and oxygen atoms in total. The fourth-order valence-corrected chi connectivity index (χ4v) is 2.86. The van der Waals surface area contributed by atoms with Crippen LogP contribution in [0.1, 0.15) is 5.56 Å². The Morgan fingerprint density at radius 2 is 1.73 bits per heavy atom. The average molecular weight is 349 g/mol. The summed E-state index contributed by atoms with van der Waals surface area (Å²) in [4.78, 5) is 12.0. The molecule has 4 rings (SSSR count). The van der Waals surface area contributed by atoms with Gasteiger partial charge < -0.3 is 19.5 Å². The average Bonchev–Trinajstić information content (AvgIpc) is 2.70. The zero-order valence-electron chi connectivity index (χ0n) is 14.2. The van der Waals surface area contributed by atoms with Gasteiger partial charge in [0.1, 0.15) is 19.0 Å². The van der Waals surface area contributed by atoms with Crippen molar-refractivity contribution in [2.45, 2.75) is 6.54 Å². The maximum atomic E-state index is 12.0. The highest BCUT2D eigenvalue weighted by Gasteiger charge is 2.12. The van der Waals surface area contributed by atoms with E-state index in [4.69, 9.17) is 14.2 Å². The Hall–Kier alpha value is -3.21. The number of carbonyl (C=O) groups excluding carboxylic acids is 1. The number of benzene rings is 3. The Morgan fingerprint density at radius 1 is 0.923 bits per heavy atom. The summed E-state index contributed by atoms with van der Waals surface area (Å²) in [6.45, 7) is 1.50. The van der Waals surface area contributed by atoms with Crippen molar-refractivity contribution in [1.29, 1.82) is 0 Å². The van der Waals surface area contributed by atoms with E-state index in [1.54, 1.807) is 0 Å². The van der Waals surface area contributed by atoms with E-state index in [1.165, 1.54) is 0 Å². The van der Waals surface area contributed by atoms with Crippen LogP contribution in [-0.2, 0) is 11.3 Å². The predicted molar refractivity (Wildman–Crippen MR) is 98.7 cm³/mol. The number of carbonyl (C=O) groups is 1. The molecule has 0 atom stereocenters. The minimum atomic E-state index is -0.173. The molecule has 3 aromatic carbocycles. The maximum Gasteiger partial charge on any atom is 0.258 e. The van der Waals surface area contributed by atoms with Crippen LogP contribution in [0.3, 0.4) is 0 Å². The minimum Gasteiger partial charge on any atom is -0.486 e. The highest BCUT2D eigenvalue weighted by molar-refractivity contribution is 5.84. The van der Waals surface area contributed by atoms with E-state index in [2.05, 4.69) is 5.32 Å². The molecule has 0 saturated heterocycles. The second-order valence-corrected chi connectivity index (χ2v) is 6.05. The monoisotopic (exact) mass is 349 g/mol. The van der Waals surface area contributed by atoms with Crippen molar-refractivity contribution >= 4 is 16.7 Å². The van der Waals surface area contributed by atoms with Crippen molar-refractivity contribution in [2.24, 2.45) is 0 Å². The van der Waals surface area contributed by atoms with Gasteiger partial charge in [-0.2, -0.15) is 0 Å². The first-order chi connectivity index (χ1) is 12.8. The van der Waals surface area contributed by atoms with Gasteiger partial charge in [0.2, 0.25) is 0 Å². The summed E-state index contributed by atoms with van der Waals surface area (Å²) < 4.78 is 16.6. The van der Waals surface area contributed by atoms with Crippen molar-refractivity contribution in [2.75, 3.05) is 19.8 Å². The predicted octanol–water partition coefficient (Wildman–Crippen LogP) is 3.31. The van der Waals surface area contributed by atoms with E-state index in [0.29, 0.717) is 25.5 Å². The van der Waals surface area contributed by atoms with Gasteiger partial charge >= 0.3 is 0 Å². The molecule has 1 aliphatic rings. The van der Waals surface area contributed by atoms with Crippen LogP contribution in [0.2, 0.25) is 0 Å². The van der Waals surface area contributed by atoms with Gasteiger partial charge in [-0.3, -0.25) is 4.79 Å². The van der Waals surface area contributed by atoms with Gasteiger partial charge in [-0.15, -0.1) is 0 Å². The van der Waals surface area contributed by atoms with E-state index in [1.807, 2.05) is 60.7 Å². The third-order valence-corrected chi connectivity index (χ3v) is 4.19. The lowest BCUT2D eigenvalue weighted by Gasteiger charge is -2.19. The molecule has 0 unspecified atom stereocenters. The second-order valence-electron chi connectivity index (χ2n) is 6.05. The van der Waals surface area contributed by atoms with Crippen molar-refractivity contribution in [3.63, 3.8) is 0 Å². The molecule has 3 aromatic rings. The molecule has 26 heavy (non-hydrogen) atoms. The molecular formula is C21H19NO4. The second kappa shape index (κ2) is 7.35. The molecule has 1 N–H and O–H groups in total. The van der Waals surface area contributed by atoms with Crippen LogP contribution >= 0.6 is 0 Å². The van der Waals surface area contributed by atoms with E-state index in [-0.39, 0.29) is 12.5 Å². The van der Waals surface area contributed by atoms with Crippen LogP contribution < -0.4 is 19.5 Å². The summed E-state index contributed by atoms with van der Waals surface area (Å²) in [6, 6.07) is 19.5. The van der Waals surface area contributed by atoms with Crippen LogP contribution in [-0.4, -0.2) is 25.7 Å². The van der Waals surface area contributed by atoms with Gasteiger partial charge in [0.15, 0.2) is 18.1 Å². The number of hydrogen-bond acceptors (Lipinski definition) is 4. The molecule has 1 heterocycles. The van der Waals surface area contributed by atoms with Gasteiger partial charge in [0.05, 0.1) is 0 Å². The first kappa shape index (κ1) is 16.3. The molecule has 1 aliphatic heterocycles. The summed E-state index contributed by atoms with van der Waals surface area (Å²) in [5.74, 6) is 1.97. The summed E-state index contributed by atoms with van der Waals surface area (Å²) in [5.41, 5.74) is 0.952. The molecular weight excluding hydrogens is 330 g/mol. The molecule has 5 heteroatoms. The number of fused-ring (bicyclic) bond motifs is 2. The molecule has 0 saturated carbocycles. The maximum absolute atomic E-state index is 12.0. The fourth-order valence-electron chi connectivity index (χ4n) is 2.86. The lowest BCUT2D eigenvalue weighted by Crippen LogP contribution is -2.28. The van der Waals surface area contributed by atoms with Crippen molar-refractivity contribution in [3.05, 3.63) is 66.2 Å².